The van der Waals surface area contributed by atoms with Crippen molar-refractivity contribution in [2.24, 2.45) is 0 Å². The lowest BCUT2D eigenvalue weighted by Gasteiger charge is -2.34. The van der Waals surface area contributed by atoms with Gasteiger partial charge in [-0.3, -0.25) is 19.8 Å². The zero-order valence-corrected chi connectivity index (χ0v) is 18.9. The van der Waals surface area contributed by atoms with Gasteiger partial charge in [-0.2, -0.15) is 0 Å². The van der Waals surface area contributed by atoms with E-state index in [1.54, 1.807) is 19.1 Å². The van der Waals surface area contributed by atoms with Gasteiger partial charge in [0.05, 0.1) is 16.3 Å². The van der Waals surface area contributed by atoms with Crippen molar-refractivity contribution in [2.75, 3.05) is 26.2 Å². The average Bonchev–Trinajstić information content (AvgIpc) is 3.22. The first kappa shape index (κ1) is 21.8. The first-order valence-electron chi connectivity index (χ1n) is 11.3. The van der Waals surface area contributed by atoms with E-state index >= 15 is 0 Å². The number of imidazole rings is 1. The minimum Gasteiger partial charge on any atom is -0.340 e. The second-order valence-corrected chi connectivity index (χ2v) is 8.51. The lowest BCUT2D eigenvalue weighted by Crippen LogP contribution is -2.47. The highest BCUT2D eigenvalue weighted by Crippen LogP contribution is 2.30. The molecule has 0 bridgehead atoms. The molecule has 5 rings (SSSR count). The lowest BCUT2D eigenvalue weighted by atomic mass is 10.1. The van der Waals surface area contributed by atoms with Crippen molar-refractivity contribution >= 4 is 17.2 Å². The van der Waals surface area contributed by atoms with Gasteiger partial charge in [-0.1, -0.05) is 42.5 Å². The fraction of sp³-hybridized carbons (Fsp3) is 0.231. The second-order valence-electron chi connectivity index (χ2n) is 8.51. The van der Waals surface area contributed by atoms with Crippen molar-refractivity contribution in [1.82, 2.24) is 19.2 Å². The Labute approximate surface area is 197 Å². The third kappa shape index (κ3) is 4.27. The Kier molecular flexibility index (Phi) is 5.81. The zero-order valence-electron chi connectivity index (χ0n) is 18.9. The van der Waals surface area contributed by atoms with Crippen LogP contribution in [0.25, 0.3) is 28.0 Å². The largest absolute Gasteiger partial charge is 0.340 e. The van der Waals surface area contributed by atoms with Gasteiger partial charge in [0.25, 0.3) is 5.69 Å². The van der Waals surface area contributed by atoms with Gasteiger partial charge >= 0.3 is 0 Å². The zero-order chi connectivity index (χ0) is 23.7. The van der Waals surface area contributed by atoms with E-state index in [2.05, 4.69) is 27.6 Å². The Balaban J connectivity index is 1.58. The van der Waals surface area contributed by atoms with Crippen molar-refractivity contribution in [3.8, 4) is 22.4 Å². The van der Waals surface area contributed by atoms with Crippen molar-refractivity contribution in [2.45, 2.75) is 13.5 Å². The number of carbonyl (C=O) groups is 1. The van der Waals surface area contributed by atoms with Gasteiger partial charge in [-0.05, 0) is 23.3 Å². The summed E-state index contributed by atoms with van der Waals surface area (Å²) in [6, 6.07) is 20.8. The van der Waals surface area contributed by atoms with Crippen LogP contribution in [0.5, 0.6) is 0 Å². The van der Waals surface area contributed by atoms with Gasteiger partial charge in [-0.15, -0.1) is 0 Å². The van der Waals surface area contributed by atoms with Gasteiger partial charge in [0.1, 0.15) is 5.65 Å². The highest BCUT2D eigenvalue weighted by atomic mass is 16.6. The molecule has 1 saturated heterocycles. The van der Waals surface area contributed by atoms with Crippen LogP contribution in [0.1, 0.15) is 12.6 Å². The molecule has 0 spiro atoms. The van der Waals surface area contributed by atoms with E-state index in [0.717, 1.165) is 46.8 Å². The molecule has 172 valence electrons. The highest BCUT2D eigenvalue weighted by molar-refractivity contribution is 5.73. The van der Waals surface area contributed by atoms with E-state index in [0.29, 0.717) is 19.6 Å². The van der Waals surface area contributed by atoms with Crippen molar-refractivity contribution in [3.05, 3.63) is 88.7 Å². The predicted molar refractivity (Wildman–Crippen MR) is 130 cm³/mol. The molecule has 2 aromatic carbocycles. The van der Waals surface area contributed by atoms with E-state index in [1.807, 2.05) is 41.3 Å². The molecular weight excluding hydrogens is 430 g/mol. The van der Waals surface area contributed by atoms with Crippen LogP contribution in [-0.4, -0.2) is 56.2 Å². The molecule has 0 N–H and O–H groups in total. The molecule has 1 aliphatic rings. The number of nitrogens with zero attached hydrogens (tertiary/aromatic N) is 5. The number of piperazine rings is 1. The van der Waals surface area contributed by atoms with Crippen molar-refractivity contribution in [3.63, 3.8) is 0 Å². The molecule has 0 unspecified atom stereocenters. The van der Waals surface area contributed by atoms with Crippen LogP contribution in [0.4, 0.5) is 5.69 Å². The monoisotopic (exact) mass is 455 g/mol. The minimum absolute atomic E-state index is 0.0422. The Morgan fingerprint density at radius 2 is 1.68 bits per heavy atom. The summed E-state index contributed by atoms with van der Waals surface area (Å²) in [5, 5.41) is 11.4. The summed E-state index contributed by atoms with van der Waals surface area (Å²) in [5.41, 5.74) is 5.44. The van der Waals surface area contributed by atoms with Crippen LogP contribution in [-0.2, 0) is 11.3 Å². The summed E-state index contributed by atoms with van der Waals surface area (Å²) in [6.07, 6.45) is 2.08. The van der Waals surface area contributed by atoms with Crippen LogP contribution in [0.3, 0.4) is 0 Å². The summed E-state index contributed by atoms with van der Waals surface area (Å²) in [6.45, 7) is 5.13. The van der Waals surface area contributed by atoms with Crippen LogP contribution in [0, 0.1) is 10.1 Å². The predicted octanol–water partition coefficient (Wildman–Crippen LogP) is 4.24. The summed E-state index contributed by atoms with van der Waals surface area (Å²) < 4.78 is 2.09. The number of non-ortho nitro benzene ring substituents is 1. The summed E-state index contributed by atoms with van der Waals surface area (Å²) >= 11 is 0. The smallest absolute Gasteiger partial charge is 0.270 e. The Bertz CT molecular complexity index is 1360. The van der Waals surface area contributed by atoms with Gasteiger partial charge in [0.2, 0.25) is 5.91 Å². The van der Waals surface area contributed by atoms with Crippen LogP contribution in [0.15, 0.2) is 72.9 Å². The standard InChI is InChI=1S/C26H25N5O3/c1-19(32)29-14-12-28(13-15-29)18-24-26(21-8-5-9-23(16-21)31(33)34)27-25-11-10-22(17-30(24)25)20-6-3-2-4-7-20/h2-11,16-17H,12-15,18H2,1H3. The molecular formula is C26H25N5O3. The Morgan fingerprint density at radius 3 is 2.38 bits per heavy atom. The van der Waals surface area contributed by atoms with E-state index < -0.39 is 0 Å². The number of aromatic nitrogens is 2. The van der Waals surface area contributed by atoms with E-state index in [4.69, 9.17) is 4.98 Å². The normalized spacial score (nSPS) is 14.4. The van der Waals surface area contributed by atoms with Gasteiger partial charge in [0, 0.05) is 63.5 Å². The maximum absolute atomic E-state index is 11.7. The molecule has 4 aromatic rings. The third-order valence-corrected chi connectivity index (χ3v) is 6.35. The molecule has 8 nitrogen and oxygen atoms in total. The molecule has 1 aliphatic heterocycles. The number of hydrogen-bond donors (Lipinski definition) is 0. The Morgan fingerprint density at radius 1 is 0.941 bits per heavy atom. The number of amides is 1. The summed E-state index contributed by atoms with van der Waals surface area (Å²) in [7, 11) is 0. The summed E-state index contributed by atoms with van der Waals surface area (Å²) in [4.78, 5) is 31.8. The first-order chi connectivity index (χ1) is 16.5. The number of rotatable bonds is 5. The molecule has 1 fully saturated rings. The van der Waals surface area contributed by atoms with Gasteiger partial charge in [0.15, 0.2) is 0 Å². The SMILES string of the molecule is CC(=O)N1CCN(Cc2c(-c3cccc([N+](=O)[O-])c3)nc3ccc(-c4ccccc4)cn23)CC1. The molecule has 8 heteroatoms. The molecule has 0 atom stereocenters. The number of pyridine rings is 1. The topological polar surface area (TPSA) is 84.0 Å². The van der Waals surface area contributed by atoms with Crippen LogP contribution < -0.4 is 0 Å². The number of benzene rings is 2. The number of nitro benzene ring substituents is 1. The third-order valence-electron chi connectivity index (χ3n) is 6.35. The number of nitro groups is 1. The maximum Gasteiger partial charge on any atom is 0.270 e. The minimum atomic E-state index is -0.381. The van der Waals surface area contributed by atoms with E-state index in [-0.39, 0.29) is 16.5 Å². The molecule has 2 aromatic heterocycles. The van der Waals surface area contributed by atoms with Crippen LogP contribution in [0.2, 0.25) is 0 Å². The number of fused-ring (bicyclic) bond motifs is 1. The maximum atomic E-state index is 11.7. The molecule has 34 heavy (non-hydrogen) atoms. The quantitative estimate of drug-likeness (QED) is 0.332. The Hall–Kier alpha value is -4.04. The lowest BCUT2D eigenvalue weighted by molar-refractivity contribution is -0.384. The van der Waals surface area contributed by atoms with Gasteiger partial charge in [-0.25, -0.2) is 4.98 Å². The van der Waals surface area contributed by atoms with E-state index in [9.17, 15) is 14.9 Å². The fourth-order valence-electron chi connectivity index (χ4n) is 4.48. The van der Waals surface area contributed by atoms with Crippen molar-refractivity contribution in [1.29, 1.82) is 0 Å². The molecule has 0 radical (unpaired) electrons. The molecule has 1 amide bonds. The second kappa shape index (κ2) is 9.07. The number of carbonyl (C=O) groups excluding carboxylic acids is 1. The first-order valence-corrected chi connectivity index (χ1v) is 11.3. The fourth-order valence-corrected chi connectivity index (χ4v) is 4.48. The highest BCUT2D eigenvalue weighted by Gasteiger charge is 2.23. The molecule has 0 aliphatic carbocycles. The number of hydrogen-bond acceptors (Lipinski definition) is 5. The average molecular weight is 456 g/mol. The van der Waals surface area contributed by atoms with Crippen LogP contribution >= 0.6 is 0 Å². The molecule has 3 heterocycles. The summed E-state index contributed by atoms with van der Waals surface area (Å²) in [5.74, 6) is 0.0965. The molecule has 0 saturated carbocycles. The van der Waals surface area contributed by atoms with Crippen molar-refractivity contribution < 1.29 is 9.72 Å². The van der Waals surface area contributed by atoms with E-state index in [1.165, 1.54) is 6.07 Å². The van der Waals surface area contributed by atoms with Gasteiger partial charge < -0.3 is 9.30 Å².